The Bertz CT molecular complexity index is 98.0. The van der Waals surface area contributed by atoms with Gasteiger partial charge >= 0.3 is 0 Å². The minimum atomic E-state index is 1.18. The van der Waals surface area contributed by atoms with Crippen LogP contribution in [0.25, 0.3) is 0 Å². The van der Waals surface area contributed by atoms with Crippen LogP contribution in [0.5, 0.6) is 0 Å². The van der Waals surface area contributed by atoms with Crippen molar-refractivity contribution >= 4 is 0 Å². The summed E-state index contributed by atoms with van der Waals surface area (Å²) in [7, 11) is 0. The molecule has 1 heterocycles. The molecular weight excluding hydrogens is 148 g/mol. The Kier molecular flexibility index (Phi) is 5.37. The normalized spacial score (nSPS) is 18.8. The van der Waals surface area contributed by atoms with Gasteiger partial charge in [0.15, 0.2) is 0 Å². The Morgan fingerprint density at radius 2 is 1.92 bits per heavy atom. The predicted octanol–water partition coefficient (Wildman–Crippen LogP) is 1.47. The highest BCUT2D eigenvalue weighted by atomic mass is 15.1. The maximum absolute atomic E-state index is 3.43. The third kappa shape index (κ3) is 4.07. The Balaban J connectivity index is 1.81. The van der Waals surface area contributed by atoms with Crippen LogP contribution in [-0.4, -0.2) is 37.6 Å². The van der Waals surface area contributed by atoms with E-state index in [1.807, 2.05) is 0 Å². The summed E-state index contributed by atoms with van der Waals surface area (Å²) in [4.78, 5) is 2.58. The average Bonchev–Trinajstić information content (AvgIpc) is 2.57. The van der Waals surface area contributed by atoms with Gasteiger partial charge in [0.05, 0.1) is 0 Å². The van der Waals surface area contributed by atoms with Gasteiger partial charge in [-0.2, -0.15) is 0 Å². The van der Waals surface area contributed by atoms with E-state index in [9.17, 15) is 0 Å². The molecule has 0 aromatic heterocycles. The first-order valence-electron chi connectivity index (χ1n) is 5.36. The number of likely N-dealkylation sites (tertiary alicyclic amines) is 1. The Morgan fingerprint density at radius 1 is 1.17 bits per heavy atom. The lowest BCUT2D eigenvalue weighted by Crippen LogP contribution is -2.25. The second-order valence-corrected chi connectivity index (χ2v) is 3.65. The van der Waals surface area contributed by atoms with Crippen molar-refractivity contribution in [1.29, 1.82) is 0 Å². The summed E-state index contributed by atoms with van der Waals surface area (Å²) < 4.78 is 0. The van der Waals surface area contributed by atoms with Crippen LogP contribution in [0.2, 0.25) is 0 Å². The highest BCUT2D eigenvalue weighted by molar-refractivity contribution is 4.65. The number of rotatable bonds is 6. The minimum Gasteiger partial charge on any atom is -0.317 e. The molecule has 2 nitrogen and oxygen atoms in total. The monoisotopic (exact) mass is 170 g/mol. The van der Waals surface area contributed by atoms with Gasteiger partial charge in [0.1, 0.15) is 0 Å². The molecule has 1 fully saturated rings. The summed E-state index contributed by atoms with van der Waals surface area (Å²) in [5.74, 6) is 0. The summed E-state index contributed by atoms with van der Waals surface area (Å²) in [6.45, 7) is 8.58. The first-order chi connectivity index (χ1) is 5.93. The van der Waals surface area contributed by atoms with Crippen LogP contribution < -0.4 is 5.32 Å². The van der Waals surface area contributed by atoms with Crippen molar-refractivity contribution in [3.8, 4) is 0 Å². The van der Waals surface area contributed by atoms with Gasteiger partial charge in [-0.1, -0.05) is 6.92 Å². The average molecular weight is 170 g/mol. The molecule has 0 aromatic carbocycles. The van der Waals surface area contributed by atoms with E-state index >= 15 is 0 Å². The molecule has 1 rings (SSSR count). The largest absolute Gasteiger partial charge is 0.317 e. The lowest BCUT2D eigenvalue weighted by atomic mass is 10.3. The first kappa shape index (κ1) is 10.0. The van der Waals surface area contributed by atoms with E-state index in [-0.39, 0.29) is 0 Å². The zero-order valence-corrected chi connectivity index (χ0v) is 8.31. The number of nitrogens with zero attached hydrogens (tertiary/aromatic N) is 1. The van der Waals surface area contributed by atoms with Gasteiger partial charge in [-0.05, 0) is 58.4 Å². The molecule has 1 aliphatic rings. The van der Waals surface area contributed by atoms with Gasteiger partial charge in [0, 0.05) is 0 Å². The molecule has 0 atom stereocenters. The molecule has 0 spiro atoms. The molecule has 0 unspecified atom stereocenters. The van der Waals surface area contributed by atoms with E-state index < -0.39 is 0 Å². The second kappa shape index (κ2) is 6.44. The van der Waals surface area contributed by atoms with Gasteiger partial charge in [-0.15, -0.1) is 0 Å². The van der Waals surface area contributed by atoms with Gasteiger partial charge in [-0.3, -0.25) is 0 Å². The molecule has 1 saturated heterocycles. The van der Waals surface area contributed by atoms with E-state index in [1.54, 1.807) is 0 Å². The zero-order valence-electron chi connectivity index (χ0n) is 8.31. The summed E-state index contributed by atoms with van der Waals surface area (Å²) in [5.41, 5.74) is 0. The molecule has 0 bridgehead atoms. The fraction of sp³-hybridized carbons (Fsp3) is 1.00. The van der Waals surface area contributed by atoms with Crippen molar-refractivity contribution in [1.82, 2.24) is 10.2 Å². The lowest BCUT2D eigenvalue weighted by Gasteiger charge is -2.13. The molecule has 2 heteroatoms. The van der Waals surface area contributed by atoms with Gasteiger partial charge in [0.2, 0.25) is 0 Å². The zero-order chi connectivity index (χ0) is 8.65. The van der Waals surface area contributed by atoms with Crippen LogP contribution in [0.15, 0.2) is 0 Å². The predicted molar refractivity (Wildman–Crippen MR) is 53.5 cm³/mol. The minimum absolute atomic E-state index is 1.18. The van der Waals surface area contributed by atoms with Gasteiger partial charge in [0.25, 0.3) is 0 Å². The third-order valence-electron chi connectivity index (χ3n) is 2.45. The topological polar surface area (TPSA) is 15.3 Å². The van der Waals surface area contributed by atoms with E-state index in [0.717, 1.165) is 0 Å². The Hall–Kier alpha value is -0.0800. The second-order valence-electron chi connectivity index (χ2n) is 3.65. The Morgan fingerprint density at radius 3 is 2.58 bits per heavy atom. The molecule has 72 valence electrons. The molecule has 0 aromatic rings. The number of hydrogen-bond acceptors (Lipinski definition) is 2. The maximum atomic E-state index is 3.43. The standard InChI is InChI=1S/C10H22N2/c1-2-6-11-7-5-10-12-8-3-4-9-12/h11H,2-10H2,1H3. The van der Waals surface area contributed by atoms with Crippen LogP contribution in [0.4, 0.5) is 0 Å². The van der Waals surface area contributed by atoms with Crippen LogP contribution in [-0.2, 0) is 0 Å². The molecule has 1 aliphatic heterocycles. The maximum Gasteiger partial charge on any atom is -0.000664 e. The first-order valence-corrected chi connectivity index (χ1v) is 5.36. The van der Waals surface area contributed by atoms with E-state index in [4.69, 9.17) is 0 Å². The lowest BCUT2D eigenvalue weighted by molar-refractivity contribution is 0.331. The van der Waals surface area contributed by atoms with Crippen molar-refractivity contribution in [2.75, 3.05) is 32.7 Å². The summed E-state index contributed by atoms with van der Waals surface area (Å²) in [5, 5.41) is 3.43. The van der Waals surface area contributed by atoms with Crippen molar-refractivity contribution < 1.29 is 0 Å². The van der Waals surface area contributed by atoms with Crippen LogP contribution in [0, 0.1) is 0 Å². The molecule has 1 N–H and O–H groups in total. The van der Waals surface area contributed by atoms with Crippen molar-refractivity contribution in [2.24, 2.45) is 0 Å². The van der Waals surface area contributed by atoms with Crippen molar-refractivity contribution in [3.63, 3.8) is 0 Å². The van der Waals surface area contributed by atoms with Crippen molar-refractivity contribution in [2.45, 2.75) is 32.6 Å². The third-order valence-corrected chi connectivity index (χ3v) is 2.45. The summed E-state index contributed by atoms with van der Waals surface area (Å²) >= 11 is 0. The molecule has 12 heavy (non-hydrogen) atoms. The fourth-order valence-corrected chi connectivity index (χ4v) is 1.74. The molecule has 0 saturated carbocycles. The summed E-state index contributed by atoms with van der Waals surface area (Å²) in [6.07, 6.45) is 5.41. The SMILES string of the molecule is CCCNCCCN1CCCC1. The van der Waals surface area contributed by atoms with Crippen LogP contribution in [0.1, 0.15) is 32.6 Å². The van der Waals surface area contributed by atoms with Gasteiger partial charge in [-0.25, -0.2) is 0 Å². The highest BCUT2D eigenvalue weighted by Gasteiger charge is 2.09. The quantitative estimate of drug-likeness (QED) is 0.607. The van der Waals surface area contributed by atoms with E-state index in [0.29, 0.717) is 0 Å². The van der Waals surface area contributed by atoms with Crippen LogP contribution >= 0.6 is 0 Å². The van der Waals surface area contributed by atoms with E-state index in [1.165, 1.54) is 58.4 Å². The molecule has 0 aliphatic carbocycles. The van der Waals surface area contributed by atoms with Gasteiger partial charge < -0.3 is 10.2 Å². The smallest absolute Gasteiger partial charge is 0.000664 e. The van der Waals surface area contributed by atoms with E-state index in [2.05, 4.69) is 17.1 Å². The number of hydrogen-bond donors (Lipinski definition) is 1. The highest BCUT2D eigenvalue weighted by Crippen LogP contribution is 2.06. The summed E-state index contributed by atoms with van der Waals surface area (Å²) in [6, 6.07) is 0. The molecule has 0 radical (unpaired) electrons. The fourth-order valence-electron chi connectivity index (χ4n) is 1.74. The number of nitrogens with one attached hydrogen (secondary N) is 1. The van der Waals surface area contributed by atoms with Crippen LogP contribution in [0.3, 0.4) is 0 Å². The molecular formula is C10H22N2. The molecule has 0 amide bonds. The Labute approximate surface area is 76.3 Å². The van der Waals surface area contributed by atoms with Crippen molar-refractivity contribution in [3.05, 3.63) is 0 Å².